The molecule has 1 aliphatic heterocycles. The van der Waals surface area contributed by atoms with Crippen LogP contribution in [-0.2, 0) is 0 Å². The molecule has 1 aliphatic rings. The second kappa shape index (κ2) is 3.61. The Morgan fingerprint density at radius 2 is 2.55 bits per heavy atom. The van der Waals surface area contributed by atoms with E-state index in [4.69, 9.17) is 10.6 Å². The van der Waals surface area contributed by atoms with E-state index in [-0.39, 0.29) is 0 Å². The maximum Gasteiger partial charge on any atom is 0.106 e. The summed E-state index contributed by atoms with van der Waals surface area (Å²) in [4.78, 5) is 1.85. The number of amidine groups is 1. The molecule has 0 aliphatic carbocycles. The molecule has 0 aromatic carbocycles. The Balaban J connectivity index is 2.48. The maximum atomic E-state index is 8.41. The van der Waals surface area contributed by atoms with Crippen molar-refractivity contribution < 1.29 is 5.21 Å². The van der Waals surface area contributed by atoms with Crippen LogP contribution in [0.4, 0.5) is 0 Å². The van der Waals surface area contributed by atoms with Gasteiger partial charge in [-0.05, 0) is 0 Å². The molecule has 4 nitrogen and oxygen atoms in total. The molecule has 1 heterocycles. The van der Waals surface area contributed by atoms with E-state index in [1.165, 1.54) is 0 Å². The highest BCUT2D eigenvalue weighted by molar-refractivity contribution is 7.81. The van der Waals surface area contributed by atoms with Gasteiger partial charge in [0.25, 0.3) is 0 Å². The van der Waals surface area contributed by atoms with Gasteiger partial charge in [0.2, 0.25) is 0 Å². The topological polar surface area (TPSA) is 59.7 Å². The van der Waals surface area contributed by atoms with Gasteiger partial charge in [-0.3, -0.25) is 5.41 Å². The summed E-state index contributed by atoms with van der Waals surface area (Å²) in [5, 5.41) is 18.9. The lowest BCUT2D eigenvalue weighted by atomic mass is 10.3. The van der Waals surface area contributed by atoms with Gasteiger partial charge in [0.15, 0.2) is 0 Å². The summed E-state index contributed by atoms with van der Waals surface area (Å²) in [6.07, 6.45) is 0.757. The molecule has 0 saturated carbocycles. The molecule has 0 aromatic heterocycles. The first-order valence-electron chi connectivity index (χ1n) is 3.41. The highest BCUT2D eigenvalue weighted by Gasteiger charge is 2.19. The first-order valence-corrected chi connectivity index (χ1v) is 4.04. The summed E-state index contributed by atoms with van der Waals surface area (Å²) in [5.74, 6) is 0.936. The Bertz CT molecular complexity index is 192. The Morgan fingerprint density at radius 1 is 1.82 bits per heavy atom. The van der Waals surface area contributed by atoms with Crippen molar-refractivity contribution in [3.05, 3.63) is 0 Å². The first-order chi connectivity index (χ1) is 5.27. The van der Waals surface area contributed by atoms with Crippen molar-refractivity contribution in [3.63, 3.8) is 0 Å². The van der Waals surface area contributed by atoms with Crippen molar-refractivity contribution in [2.45, 2.75) is 6.42 Å². The van der Waals surface area contributed by atoms with Gasteiger partial charge >= 0.3 is 0 Å². The number of nitrogens with zero attached hydrogens (tertiary/aromatic N) is 2. The molecule has 0 spiro atoms. The third-order valence-electron chi connectivity index (χ3n) is 1.72. The molecule has 2 N–H and O–H groups in total. The monoisotopic (exact) mass is 173 g/mol. The van der Waals surface area contributed by atoms with E-state index in [0.29, 0.717) is 18.1 Å². The molecule has 0 unspecified atom stereocenters. The zero-order valence-electron chi connectivity index (χ0n) is 6.12. The third-order valence-corrected chi connectivity index (χ3v) is 2.02. The minimum atomic E-state index is 0.443. The highest BCUT2D eigenvalue weighted by Crippen LogP contribution is 2.06. The molecule has 0 atom stereocenters. The molecule has 62 valence electrons. The minimum absolute atomic E-state index is 0.443. The van der Waals surface area contributed by atoms with Crippen LogP contribution >= 0.6 is 12.6 Å². The molecule has 1 saturated heterocycles. The normalized spacial score (nSPS) is 21.2. The van der Waals surface area contributed by atoms with E-state index in [0.717, 1.165) is 18.7 Å². The number of likely N-dealkylation sites (tertiary alicyclic amines) is 1. The fourth-order valence-electron chi connectivity index (χ4n) is 1.05. The van der Waals surface area contributed by atoms with Crippen LogP contribution in [0.1, 0.15) is 6.42 Å². The Hall–Kier alpha value is -0.710. The highest BCUT2D eigenvalue weighted by atomic mass is 32.1. The Kier molecular flexibility index (Phi) is 2.76. The SMILES string of the molecule is N=C(CS)N1CCC(=NO)C1. The first kappa shape index (κ1) is 8.39. The van der Waals surface area contributed by atoms with Crippen molar-refractivity contribution in [2.75, 3.05) is 18.8 Å². The van der Waals surface area contributed by atoms with E-state index in [9.17, 15) is 0 Å². The molecular weight excluding hydrogens is 162 g/mol. The van der Waals surface area contributed by atoms with E-state index in [2.05, 4.69) is 17.8 Å². The van der Waals surface area contributed by atoms with Crippen LogP contribution in [0.3, 0.4) is 0 Å². The van der Waals surface area contributed by atoms with Gasteiger partial charge < -0.3 is 10.1 Å². The van der Waals surface area contributed by atoms with Crippen molar-refractivity contribution in [1.82, 2.24) is 4.90 Å². The quantitative estimate of drug-likeness (QED) is 0.177. The van der Waals surface area contributed by atoms with Gasteiger partial charge in [0.1, 0.15) is 5.84 Å². The van der Waals surface area contributed by atoms with Crippen LogP contribution in [0, 0.1) is 5.41 Å². The number of hydrogen-bond donors (Lipinski definition) is 3. The summed E-state index contributed by atoms with van der Waals surface area (Å²) in [7, 11) is 0. The van der Waals surface area contributed by atoms with Crippen LogP contribution in [-0.4, -0.2) is 40.5 Å². The molecular formula is C6H11N3OS. The second-order valence-corrected chi connectivity index (χ2v) is 2.76. The van der Waals surface area contributed by atoms with Crippen LogP contribution in [0.25, 0.3) is 0 Å². The molecule has 1 rings (SSSR count). The van der Waals surface area contributed by atoms with Gasteiger partial charge in [-0.2, -0.15) is 12.6 Å². The standard InChI is InChI=1S/C6H11N3OS/c7-6(4-11)9-2-1-5(3-9)8-10/h7,10-11H,1-4H2. The van der Waals surface area contributed by atoms with Gasteiger partial charge in [-0.15, -0.1) is 0 Å². The van der Waals surface area contributed by atoms with Crippen LogP contribution in [0.5, 0.6) is 0 Å². The number of oxime groups is 1. The van der Waals surface area contributed by atoms with Gasteiger partial charge in [-0.25, -0.2) is 0 Å². The largest absolute Gasteiger partial charge is 0.411 e. The van der Waals surface area contributed by atoms with Crippen molar-refractivity contribution in [1.29, 1.82) is 5.41 Å². The molecule has 0 bridgehead atoms. The number of thiol groups is 1. The molecule has 5 heteroatoms. The summed E-state index contributed by atoms with van der Waals surface area (Å²) < 4.78 is 0. The smallest absolute Gasteiger partial charge is 0.106 e. The lowest BCUT2D eigenvalue weighted by Gasteiger charge is -2.15. The van der Waals surface area contributed by atoms with Crippen LogP contribution in [0.15, 0.2) is 5.16 Å². The predicted octanol–water partition coefficient (Wildman–Crippen LogP) is 0.429. The molecule has 11 heavy (non-hydrogen) atoms. The Labute approximate surface area is 70.8 Å². The van der Waals surface area contributed by atoms with Gasteiger partial charge in [-0.1, -0.05) is 5.16 Å². The average molecular weight is 173 g/mol. The second-order valence-electron chi connectivity index (χ2n) is 2.44. The van der Waals surface area contributed by atoms with Gasteiger partial charge in [0.05, 0.1) is 12.3 Å². The maximum absolute atomic E-state index is 8.41. The molecule has 0 radical (unpaired) electrons. The fourth-order valence-corrected chi connectivity index (χ4v) is 1.25. The van der Waals surface area contributed by atoms with E-state index in [1.54, 1.807) is 0 Å². The predicted molar refractivity (Wildman–Crippen MR) is 47.0 cm³/mol. The van der Waals surface area contributed by atoms with Crippen molar-refractivity contribution in [3.8, 4) is 0 Å². The zero-order chi connectivity index (χ0) is 8.27. The summed E-state index contributed by atoms with van der Waals surface area (Å²) in [6.45, 7) is 1.36. The molecule has 0 amide bonds. The zero-order valence-corrected chi connectivity index (χ0v) is 7.01. The summed E-state index contributed by atoms with van der Waals surface area (Å²) in [6, 6.07) is 0. The third kappa shape index (κ3) is 1.86. The lowest BCUT2D eigenvalue weighted by Crippen LogP contribution is -2.29. The van der Waals surface area contributed by atoms with Crippen molar-refractivity contribution in [2.24, 2.45) is 5.16 Å². The number of nitrogens with one attached hydrogen (secondary N) is 1. The van der Waals surface area contributed by atoms with E-state index in [1.807, 2.05) is 4.90 Å². The average Bonchev–Trinajstić information content (AvgIpc) is 2.50. The van der Waals surface area contributed by atoms with Crippen molar-refractivity contribution >= 4 is 24.2 Å². The molecule has 1 fully saturated rings. The van der Waals surface area contributed by atoms with E-state index < -0.39 is 0 Å². The number of hydrogen-bond acceptors (Lipinski definition) is 4. The fraction of sp³-hybridized carbons (Fsp3) is 0.667. The molecule has 0 aromatic rings. The Morgan fingerprint density at radius 3 is 3.00 bits per heavy atom. The minimum Gasteiger partial charge on any atom is -0.411 e. The van der Waals surface area contributed by atoms with Crippen LogP contribution in [0.2, 0.25) is 0 Å². The summed E-state index contributed by atoms with van der Waals surface area (Å²) in [5.41, 5.74) is 0.747. The lowest BCUT2D eigenvalue weighted by molar-refractivity contribution is 0.317. The summed E-state index contributed by atoms with van der Waals surface area (Å²) >= 11 is 3.98. The van der Waals surface area contributed by atoms with E-state index >= 15 is 0 Å². The van der Waals surface area contributed by atoms with Gasteiger partial charge in [0, 0.05) is 18.7 Å². The number of rotatable bonds is 1. The van der Waals surface area contributed by atoms with Crippen LogP contribution < -0.4 is 0 Å².